The molecule has 1 aliphatic rings. The number of piperazine rings is 1. The number of oxazole rings is 1. The molecule has 7 nitrogen and oxygen atoms in total. The van der Waals surface area contributed by atoms with E-state index >= 15 is 0 Å². The summed E-state index contributed by atoms with van der Waals surface area (Å²) >= 11 is 0. The fourth-order valence-corrected chi connectivity index (χ4v) is 3.82. The minimum absolute atomic E-state index is 0.515. The second-order valence-electron chi connectivity index (χ2n) is 6.42. The summed E-state index contributed by atoms with van der Waals surface area (Å²) in [5, 5.41) is 0. The van der Waals surface area contributed by atoms with Crippen molar-refractivity contribution in [3.8, 4) is 17.2 Å². The molecule has 1 fully saturated rings. The van der Waals surface area contributed by atoms with Crippen LogP contribution in [-0.4, -0.2) is 61.6 Å². The number of aromatic nitrogens is 1. The molecule has 2 aromatic rings. The van der Waals surface area contributed by atoms with Gasteiger partial charge in [0.1, 0.15) is 11.5 Å². The zero-order chi connectivity index (χ0) is 18.7. The molecule has 0 N–H and O–H groups in total. The minimum atomic E-state index is -3.11. The van der Waals surface area contributed by atoms with Gasteiger partial charge in [-0.15, -0.1) is 0 Å². The number of benzene rings is 1. The molecule has 0 radical (unpaired) electrons. The van der Waals surface area contributed by atoms with Gasteiger partial charge in [-0.3, -0.25) is 4.90 Å². The van der Waals surface area contributed by atoms with E-state index in [9.17, 15) is 8.42 Å². The highest BCUT2D eigenvalue weighted by molar-refractivity contribution is 7.88. The molecule has 0 saturated carbocycles. The van der Waals surface area contributed by atoms with Crippen LogP contribution in [0.3, 0.4) is 0 Å². The maximum Gasteiger partial charge on any atom is 0.226 e. The monoisotopic (exact) mass is 379 g/mol. The van der Waals surface area contributed by atoms with Crippen molar-refractivity contribution in [2.24, 2.45) is 0 Å². The number of rotatable bonds is 6. The molecular formula is C18H25N3O4S. The molecule has 2 heterocycles. The first-order valence-electron chi connectivity index (χ1n) is 8.74. The van der Waals surface area contributed by atoms with Crippen molar-refractivity contribution >= 4 is 10.0 Å². The van der Waals surface area contributed by atoms with E-state index in [-0.39, 0.29) is 0 Å². The largest absolute Gasteiger partial charge is 0.494 e. The van der Waals surface area contributed by atoms with Crippen molar-refractivity contribution in [1.82, 2.24) is 14.2 Å². The Balaban J connectivity index is 1.65. The van der Waals surface area contributed by atoms with Crippen molar-refractivity contribution in [2.45, 2.75) is 20.4 Å². The molecule has 1 saturated heterocycles. The van der Waals surface area contributed by atoms with Crippen LogP contribution in [0, 0.1) is 6.92 Å². The average Bonchev–Trinajstić information content (AvgIpc) is 2.96. The van der Waals surface area contributed by atoms with E-state index in [0.29, 0.717) is 45.2 Å². The first-order valence-corrected chi connectivity index (χ1v) is 10.6. The summed E-state index contributed by atoms with van der Waals surface area (Å²) in [7, 11) is -3.11. The van der Waals surface area contributed by atoms with Gasteiger partial charge < -0.3 is 9.15 Å². The molecule has 0 atom stereocenters. The lowest BCUT2D eigenvalue weighted by atomic mass is 10.2. The SMILES string of the molecule is CCOc1ccc(-c2nc(CN3CCN(S(C)(=O)=O)CC3)c(C)o2)cc1. The molecule has 142 valence electrons. The van der Waals surface area contributed by atoms with Gasteiger partial charge in [0.05, 0.1) is 18.6 Å². The van der Waals surface area contributed by atoms with Gasteiger partial charge in [-0.05, 0) is 38.1 Å². The number of nitrogens with zero attached hydrogens (tertiary/aromatic N) is 3. The highest BCUT2D eigenvalue weighted by Gasteiger charge is 2.24. The Hall–Kier alpha value is -1.90. The van der Waals surface area contributed by atoms with E-state index in [2.05, 4.69) is 9.88 Å². The quantitative estimate of drug-likeness (QED) is 0.765. The van der Waals surface area contributed by atoms with E-state index in [0.717, 1.165) is 22.8 Å². The third-order valence-corrected chi connectivity index (χ3v) is 5.78. The summed E-state index contributed by atoms with van der Waals surface area (Å²) in [6.45, 7) is 7.57. The fraction of sp³-hybridized carbons (Fsp3) is 0.500. The van der Waals surface area contributed by atoms with Gasteiger partial charge in [-0.25, -0.2) is 13.4 Å². The van der Waals surface area contributed by atoms with Gasteiger partial charge >= 0.3 is 0 Å². The van der Waals surface area contributed by atoms with Gasteiger partial charge in [0, 0.05) is 38.3 Å². The molecule has 0 aliphatic carbocycles. The van der Waals surface area contributed by atoms with Crippen LogP contribution >= 0.6 is 0 Å². The summed E-state index contributed by atoms with van der Waals surface area (Å²) in [5.41, 5.74) is 1.80. The molecule has 1 aromatic carbocycles. The molecular weight excluding hydrogens is 354 g/mol. The lowest BCUT2D eigenvalue weighted by molar-refractivity contribution is 0.180. The highest BCUT2D eigenvalue weighted by atomic mass is 32.2. The number of hydrogen-bond donors (Lipinski definition) is 0. The van der Waals surface area contributed by atoms with Crippen LogP contribution in [0.5, 0.6) is 5.75 Å². The maximum absolute atomic E-state index is 11.6. The van der Waals surface area contributed by atoms with E-state index < -0.39 is 10.0 Å². The number of hydrogen-bond acceptors (Lipinski definition) is 6. The van der Waals surface area contributed by atoms with E-state index in [1.165, 1.54) is 10.6 Å². The van der Waals surface area contributed by atoms with Crippen LogP contribution in [0.2, 0.25) is 0 Å². The summed E-state index contributed by atoms with van der Waals surface area (Å²) < 4.78 is 36.0. The van der Waals surface area contributed by atoms with Crippen molar-refractivity contribution in [3.63, 3.8) is 0 Å². The molecule has 0 spiro atoms. The molecule has 1 aromatic heterocycles. The van der Waals surface area contributed by atoms with Crippen LogP contribution < -0.4 is 4.74 Å². The normalized spacial score (nSPS) is 16.7. The van der Waals surface area contributed by atoms with Gasteiger partial charge in [-0.2, -0.15) is 4.31 Å². The van der Waals surface area contributed by atoms with Crippen LogP contribution in [0.1, 0.15) is 18.4 Å². The first kappa shape index (κ1) is 18.9. The summed E-state index contributed by atoms with van der Waals surface area (Å²) in [5.74, 6) is 2.21. The minimum Gasteiger partial charge on any atom is -0.494 e. The van der Waals surface area contributed by atoms with E-state index in [1.807, 2.05) is 38.1 Å². The highest BCUT2D eigenvalue weighted by Crippen LogP contribution is 2.25. The Morgan fingerprint density at radius 3 is 2.38 bits per heavy atom. The average molecular weight is 379 g/mol. The number of aryl methyl sites for hydroxylation is 1. The van der Waals surface area contributed by atoms with Crippen molar-refractivity contribution in [1.29, 1.82) is 0 Å². The lowest BCUT2D eigenvalue weighted by Gasteiger charge is -2.32. The van der Waals surface area contributed by atoms with Gasteiger partial charge in [0.2, 0.25) is 15.9 Å². The van der Waals surface area contributed by atoms with Crippen LogP contribution in [0.25, 0.3) is 11.5 Å². The van der Waals surface area contributed by atoms with Crippen molar-refractivity contribution in [2.75, 3.05) is 39.0 Å². The number of sulfonamides is 1. The van der Waals surface area contributed by atoms with Crippen LogP contribution in [0.4, 0.5) is 0 Å². The Kier molecular flexibility index (Phi) is 5.64. The van der Waals surface area contributed by atoms with Gasteiger partial charge in [0.25, 0.3) is 0 Å². The predicted molar refractivity (Wildman–Crippen MR) is 99.5 cm³/mol. The molecule has 3 rings (SSSR count). The molecule has 0 amide bonds. The third kappa shape index (κ3) is 4.44. The summed E-state index contributed by atoms with van der Waals surface area (Å²) in [4.78, 5) is 6.84. The van der Waals surface area contributed by atoms with Crippen molar-refractivity contribution in [3.05, 3.63) is 35.7 Å². The Morgan fingerprint density at radius 1 is 1.15 bits per heavy atom. The second-order valence-corrected chi connectivity index (χ2v) is 8.40. The standard InChI is InChI=1S/C18H25N3O4S/c1-4-24-16-7-5-15(6-8-16)18-19-17(14(2)25-18)13-20-9-11-21(12-10-20)26(3,22)23/h5-8H,4,9-13H2,1-3H3. The van der Waals surface area contributed by atoms with Gasteiger partial charge in [-0.1, -0.05) is 0 Å². The zero-order valence-electron chi connectivity index (χ0n) is 15.4. The third-order valence-electron chi connectivity index (χ3n) is 4.48. The van der Waals surface area contributed by atoms with Crippen molar-refractivity contribution < 1.29 is 17.6 Å². The van der Waals surface area contributed by atoms with E-state index in [1.54, 1.807) is 0 Å². The zero-order valence-corrected chi connectivity index (χ0v) is 16.3. The smallest absolute Gasteiger partial charge is 0.226 e. The Labute approximate surface area is 154 Å². The molecule has 26 heavy (non-hydrogen) atoms. The molecule has 0 bridgehead atoms. The van der Waals surface area contributed by atoms with Crippen LogP contribution in [0.15, 0.2) is 28.7 Å². The molecule has 0 unspecified atom stereocenters. The summed E-state index contributed by atoms with van der Waals surface area (Å²) in [6, 6.07) is 7.68. The number of ether oxygens (including phenoxy) is 1. The Bertz CT molecular complexity index is 838. The van der Waals surface area contributed by atoms with Crippen LogP contribution in [-0.2, 0) is 16.6 Å². The molecule has 1 aliphatic heterocycles. The summed E-state index contributed by atoms with van der Waals surface area (Å²) in [6.07, 6.45) is 1.26. The fourth-order valence-electron chi connectivity index (χ4n) is 2.99. The lowest BCUT2D eigenvalue weighted by Crippen LogP contribution is -2.47. The second kappa shape index (κ2) is 7.77. The maximum atomic E-state index is 11.6. The topological polar surface area (TPSA) is 75.9 Å². The first-order chi connectivity index (χ1) is 12.4. The molecule has 8 heteroatoms. The van der Waals surface area contributed by atoms with Gasteiger partial charge in [0.15, 0.2) is 0 Å². The predicted octanol–water partition coefficient (Wildman–Crippen LogP) is 2.13. The van der Waals surface area contributed by atoms with E-state index in [4.69, 9.17) is 9.15 Å². The Morgan fingerprint density at radius 2 is 1.81 bits per heavy atom.